The van der Waals surface area contributed by atoms with Crippen molar-refractivity contribution in [3.05, 3.63) is 35.9 Å². The number of halogens is 1. The molecule has 1 aliphatic rings. The van der Waals surface area contributed by atoms with Crippen LogP contribution in [0.3, 0.4) is 0 Å². The molecule has 1 aromatic rings. The Labute approximate surface area is 156 Å². The van der Waals surface area contributed by atoms with E-state index in [4.69, 9.17) is 5.73 Å². The summed E-state index contributed by atoms with van der Waals surface area (Å²) in [4.78, 5) is 26.7. The fraction of sp³-hybridized carbons (Fsp3) is 0.579. The Morgan fingerprint density at radius 2 is 1.96 bits per heavy atom. The summed E-state index contributed by atoms with van der Waals surface area (Å²) in [6.45, 7) is 6.37. The smallest absolute Gasteiger partial charge is 0.224 e. The van der Waals surface area contributed by atoms with E-state index in [1.165, 1.54) is 0 Å². The summed E-state index contributed by atoms with van der Waals surface area (Å²) in [7, 11) is 0. The van der Waals surface area contributed by atoms with E-state index in [1.54, 1.807) is 0 Å². The summed E-state index contributed by atoms with van der Waals surface area (Å²) in [6, 6.07) is 10.1. The van der Waals surface area contributed by atoms with Gasteiger partial charge in [-0.15, -0.1) is 12.4 Å². The van der Waals surface area contributed by atoms with Crippen molar-refractivity contribution in [1.82, 2.24) is 10.2 Å². The minimum absolute atomic E-state index is 0. The van der Waals surface area contributed by atoms with Crippen LogP contribution in [0.4, 0.5) is 0 Å². The lowest BCUT2D eigenvalue weighted by atomic mass is 9.81. The first-order valence-corrected chi connectivity index (χ1v) is 8.75. The average Bonchev–Trinajstić information content (AvgIpc) is 2.60. The van der Waals surface area contributed by atoms with E-state index in [0.717, 1.165) is 24.9 Å². The van der Waals surface area contributed by atoms with Gasteiger partial charge in [-0.1, -0.05) is 44.2 Å². The molecule has 1 saturated heterocycles. The van der Waals surface area contributed by atoms with E-state index >= 15 is 0 Å². The van der Waals surface area contributed by atoms with Crippen molar-refractivity contribution in [3.63, 3.8) is 0 Å². The second kappa shape index (κ2) is 9.78. The van der Waals surface area contributed by atoms with Gasteiger partial charge >= 0.3 is 0 Å². The van der Waals surface area contributed by atoms with E-state index in [0.29, 0.717) is 26.1 Å². The minimum Gasteiger partial charge on any atom is -0.355 e. The maximum atomic E-state index is 12.7. The van der Waals surface area contributed by atoms with Gasteiger partial charge in [0.05, 0.1) is 5.92 Å². The molecular weight excluding hydrogens is 338 g/mol. The van der Waals surface area contributed by atoms with Gasteiger partial charge in [-0.05, 0) is 23.8 Å². The molecule has 1 aromatic carbocycles. The lowest BCUT2D eigenvalue weighted by molar-refractivity contribution is -0.136. The van der Waals surface area contributed by atoms with Crippen LogP contribution in [0.15, 0.2) is 30.3 Å². The van der Waals surface area contributed by atoms with Crippen molar-refractivity contribution < 1.29 is 9.59 Å². The van der Waals surface area contributed by atoms with Crippen LogP contribution in [-0.2, 0) is 15.0 Å². The molecular formula is C19H30ClN3O2. The van der Waals surface area contributed by atoms with Crippen molar-refractivity contribution in [2.24, 2.45) is 11.7 Å². The number of hydrogen-bond acceptors (Lipinski definition) is 3. The van der Waals surface area contributed by atoms with Crippen LogP contribution in [0, 0.1) is 5.92 Å². The molecule has 1 fully saturated rings. The highest BCUT2D eigenvalue weighted by Gasteiger charge is 2.31. The van der Waals surface area contributed by atoms with E-state index < -0.39 is 0 Å². The van der Waals surface area contributed by atoms with Crippen molar-refractivity contribution in [1.29, 1.82) is 0 Å². The highest BCUT2D eigenvalue weighted by Crippen LogP contribution is 2.28. The molecule has 140 valence electrons. The van der Waals surface area contributed by atoms with Gasteiger partial charge in [-0.3, -0.25) is 9.59 Å². The maximum Gasteiger partial charge on any atom is 0.224 e. The number of amides is 2. The van der Waals surface area contributed by atoms with Crippen LogP contribution in [0.1, 0.15) is 38.7 Å². The predicted octanol–water partition coefficient (Wildman–Crippen LogP) is 2.09. The molecule has 1 unspecified atom stereocenters. The molecule has 5 nitrogen and oxygen atoms in total. The molecule has 2 amide bonds. The van der Waals surface area contributed by atoms with Gasteiger partial charge in [-0.2, -0.15) is 0 Å². The molecule has 6 heteroatoms. The number of carbonyl (C=O) groups excluding carboxylic acids is 2. The zero-order valence-electron chi connectivity index (χ0n) is 15.2. The van der Waals surface area contributed by atoms with Gasteiger partial charge in [-0.25, -0.2) is 0 Å². The van der Waals surface area contributed by atoms with Gasteiger partial charge in [0.25, 0.3) is 0 Å². The topological polar surface area (TPSA) is 75.4 Å². The number of piperidine rings is 1. The second-order valence-electron chi connectivity index (χ2n) is 7.19. The normalized spacial score (nSPS) is 17.6. The number of benzene rings is 1. The molecule has 1 atom stereocenters. The van der Waals surface area contributed by atoms with E-state index in [-0.39, 0.29) is 35.6 Å². The number of hydrogen-bond donors (Lipinski definition) is 2. The fourth-order valence-electron chi connectivity index (χ4n) is 3.24. The molecule has 0 bridgehead atoms. The molecule has 1 aliphatic heterocycles. The highest BCUT2D eigenvalue weighted by molar-refractivity contribution is 5.85. The molecule has 25 heavy (non-hydrogen) atoms. The van der Waals surface area contributed by atoms with Crippen LogP contribution in [0.2, 0.25) is 0 Å². The maximum absolute atomic E-state index is 12.7. The first kappa shape index (κ1) is 21.5. The van der Waals surface area contributed by atoms with E-state index in [9.17, 15) is 9.59 Å². The molecule has 3 N–H and O–H groups in total. The van der Waals surface area contributed by atoms with Crippen molar-refractivity contribution in [2.75, 3.05) is 26.2 Å². The van der Waals surface area contributed by atoms with Gasteiger partial charge in [0.15, 0.2) is 0 Å². The molecule has 0 spiro atoms. The largest absolute Gasteiger partial charge is 0.355 e. The third-order valence-corrected chi connectivity index (χ3v) is 4.74. The summed E-state index contributed by atoms with van der Waals surface area (Å²) in [6.07, 6.45) is 2.16. The van der Waals surface area contributed by atoms with Crippen molar-refractivity contribution >= 4 is 24.2 Å². The fourth-order valence-corrected chi connectivity index (χ4v) is 3.24. The first-order chi connectivity index (χ1) is 11.4. The number of nitrogens with zero attached hydrogens (tertiary/aromatic N) is 1. The quantitative estimate of drug-likeness (QED) is 0.808. The molecule has 0 radical (unpaired) electrons. The van der Waals surface area contributed by atoms with Crippen molar-refractivity contribution in [2.45, 2.75) is 38.5 Å². The zero-order valence-corrected chi connectivity index (χ0v) is 16.0. The molecule has 0 aliphatic carbocycles. The standard InChI is InChI=1S/C19H29N3O2.ClH/c1-19(2,16-8-4-3-5-9-16)13-17(23)22-12-6-7-15(14-22)18(24)21-11-10-20;/h3-5,8-9,15H,6-7,10-14,20H2,1-2H3,(H,21,24);1H. The third kappa shape index (κ3) is 6.01. The number of likely N-dealkylation sites (tertiary alicyclic amines) is 1. The Bertz CT molecular complexity index is 563. The monoisotopic (exact) mass is 367 g/mol. The van der Waals surface area contributed by atoms with Gasteiger partial charge in [0.2, 0.25) is 11.8 Å². The summed E-state index contributed by atoms with van der Waals surface area (Å²) in [5.74, 6) is 0.0227. The number of rotatable bonds is 6. The molecule has 1 heterocycles. The third-order valence-electron chi connectivity index (χ3n) is 4.74. The molecule has 2 rings (SSSR count). The zero-order chi connectivity index (χ0) is 17.6. The van der Waals surface area contributed by atoms with Crippen LogP contribution in [0.5, 0.6) is 0 Å². The van der Waals surface area contributed by atoms with Crippen LogP contribution in [0.25, 0.3) is 0 Å². The van der Waals surface area contributed by atoms with Gasteiger partial charge < -0.3 is 16.0 Å². The summed E-state index contributed by atoms with van der Waals surface area (Å²) < 4.78 is 0. The minimum atomic E-state index is -0.215. The summed E-state index contributed by atoms with van der Waals surface area (Å²) >= 11 is 0. The van der Waals surface area contributed by atoms with Crippen molar-refractivity contribution in [3.8, 4) is 0 Å². The summed E-state index contributed by atoms with van der Waals surface area (Å²) in [5.41, 5.74) is 6.37. The van der Waals surface area contributed by atoms with Gasteiger partial charge in [0, 0.05) is 32.6 Å². The van der Waals surface area contributed by atoms with Crippen LogP contribution < -0.4 is 11.1 Å². The predicted molar refractivity (Wildman–Crippen MR) is 103 cm³/mol. The first-order valence-electron chi connectivity index (χ1n) is 8.75. The number of nitrogens with two attached hydrogens (primary N) is 1. The van der Waals surface area contributed by atoms with Crippen LogP contribution in [-0.4, -0.2) is 42.9 Å². The Morgan fingerprint density at radius 1 is 1.28 bits per heavy atom. The van der Waals surface area contributed by atoms with E-state index in [1.807, 2.05) is 23.1 Å². The number of nitrogens with one attached hydrogen (secondary N) is 1. The Balaban J connectivity index is 0.00000312. The highest BCUT2D eigenvalue weighted by atomic mass is 35.5. The lowest BCUT2D eigenvalue weighted by Crippen LogP contribution is -2.47. The van der Waals surface area contributed by atoms with Crippen LogP contribution >= 0.6 is 12.4 Å². The lowest BCUT2D eigenvalue weighted by Gasteiger charge is -2.34. The number of carbonyl (C=O) groups is 2. The Morgan fingerprint density at radius 3 is 2.60 bits per heavy atom. The summed E-state index contributed by atoms with van der Waals surface area (Å²) in [5, 5.41) is 2.83. The van der Waals surface area contributed by atoms with Gasteiger partial charge in [0.1, 0.15) is 0 Å². The average molecular weight is 368 g/mol. The Kier molecular flexibility index (Phi) is 8.39. The molecule has 0 aromatic heterocycles. The SMILES string of the molecule is CC(C)(CC(=O)N1CCCC(C(=O)NCCN)C1)c1ccccc1.Cl. The van der Waals surface area contributed by atoms with E-state index in [2.05, 4.69) is 31.3 Å². The second-order valence-corrected chi connectivity index (χ2v) is 7.19. The Hall–Kier alpha value is -1.59. The molecule has 0 saturated carbocycles.